The minimum absolute atomic E-state index is 0.0344. The molecule has 3 N–H and O–H groups in total. The first-order valence-electron chi connectivity index (χ1n) is 10.9. The van der Waals surface area contributed by atoms with Crippen LogP contribution < -0.4 is 5.84 Å². The molecule has 11 heteroatoms. The van der Waals surface area contributed by atoms with E-state index >= 15 is 0 Å². The molecule has 1 saturated heterocycles. The summed E-state index contributed by atoms with van der Waals surface area (Å²) in [6, 6.07) is 0. The first-order valence-corrected chi connectivity index (χ1v) is 10.9. The molecule has 0 bridgehead atoms. The number of carbonyl (C=O) groups is 2. The van der Waals surface area contributed by atoms with Gasteiger partial charge in [-0.3, -0.25) is 14.6 Å². The zero-order valence-electron chi connectivity index (χ0n) is 18.4. The Kier molecular flexibility index (Phi) is 8.08. The van der Waals surface area contributed by atoms with Crippen LogP contribution in [0.3, 0.4) is 0 Å². The van der Waals surface area contributed by atoms with Crippen molar-refractivity contribution in [2.45, 2.75) is 44.7 Å². The average Bonchev–Trinajstić information content (AvgIpc) is 3.01. The van der Waals surface area contributed by atoms with Gasteiger partial charge in [0.2, 0.25) is 5.91 Å². The van der Waals surface area contributed by atoms with Crippen molar-refractivity contribution in [3.8, 4) is 0 Å². The lowest BCUT2D eigenvalue weighted by Gasteiger charge is -2.28. The summed E-state index contributed by atoms with van der Waals surface area (Å²) in [6.07, 6.45) is 4.38. The number of carboxylic acids is 1. The predicted octanol–water partition coefficient (Wildman–Crippen LogP) is 4.14. The zero-order chi connectivity index (χ0) is 24.9. The van der Waals surface area contributed by atoms with Crippen LogP contribution in [0.15, 0.2) is 64.4 Å². The number of hydrogen-bond donors (Lipinski definition) is 2. The van der Waals surface area contributed by atoms with Crippen molar-refractivity contribution in [2.24, 2.45) is 16.8 Å². The van der Waals surface area contributed by atoms with E-state index in [1.807, 2.05) is 0 Å². The maximum Gasteiger partial charge on any atom is 0.433 e. The molecule has 2 aliphatic heterocycles. The van der Waals surface area contributed by atoms with Gasteiger partial charge in [0.05, 0.1) is 11.6 Å². The number of carbonyl (C=O) groups excluding carboxylic acids is 1. The first-order chi connectivity index (χ1) is 16.1. The largest absolute Gasteiger partial charge is 0.481 e. The summed E-state index contributed by atoms with van der Waals surface area (Å²) < 4.78 is 54.4. The van der Waals surface area contributed by atoms with E-state index in [9.17, 15) is 32.3 Å². The SMILES string of the molecule is NN1C(C(F)(F)F)=CC(C2=C/CC=C(F)/C=C\C\2)=N/C1=C/CC(=O)N1CCCC(C(=O)O)CC1. The number of aliphatic carboxylic acids is 1. The van der Waals surface area contributed by atoms with Crippen LogP contribution in [0.4, 0.5) is 17.6 Å². The second-order valence-electron chi connectivity index (χ2n) is 8.17. The standard InChI is InChI=1S/C23H26F4N4O3/c24-17-7-1-4-15(5-2-8-17)18-14-19(23(25,26)27)31(28)20(29-18)9-10-21(32)30-12-3-6-16(11-13-30)22(33)34/h1,5,7-9,14,16H,2-4,6,10-13,28H2,(H,33,34)/b7-1-,15-5+,17-8?,20-9-. The molecule has 1 fully saturated rings. The molecule has 1 unspecified atom stereocenters. The number of allylic oxidation sites excluding steroid dienone is 8. The van der Waals surface area contributed by atoms with Gasteiger partial charge >= 0.3 is 12.1 Å². The number of carboxylic acid groups (broad SMARTS) is 1. The fourth-order valence-electron chi connectivity index (χ4n) is 3.93. The second kappa shape index (κ2) is 10.8. The van der Waals surface area contributed by atoms with E-state index in [-0.39, 0.29) is 43.2 Å². The van der Waals surface area contributed by atoms with E-state index in [1.54, 1.807) is 6.08 Å². The lowest BCUT2D eigenvalue weighted by molar-refractivity contribution is -0.142. The quantitative estimate of drug-likeness (QED) is 0.464. The van der Waals surface area contributed by atoms with Crippen LogP contribution in [-0.4, -0.2) is 51.9 Å². The lowest BCUT2D eigenvalue weighted by Crippen LogP contribution is -2.39. The Morgan fingerprint density at radius 1 is 1.24 bits per heavy atom. The molecular weight excluding hydrogens is 456 g/mol. The monoisotopic (exact) mass is 482 g/mol. The first kappa shape index (κ1) is 25.4. The van der Waals surface area contributed by atoms with Crippen LogP contribution in [0, 0.1) is 5.92 Å². The topological polar surface area (TPSA) is 99.2 Å². The summed E-state index contributed by atoms with van der Waals surface area (Å²) in [7, 11) is 0. The van der Waals surface area contributed by atoms with E-state index in [0.717, 1.165) is 6.08 Å². The Hall–Kier alpha value is -3.21. The van der Waals surface area contributed by atoms with E-state index in [0.29, 0.717) is 36.4 Å². The Bertz CT molecular complexity index is 1010. The molecule has 0 aromatic carbocycles. The summed E-state index contributed by atoms with van der Waals surface area (Å²) in [5, 5.41) is 9.59. The summed E-state index contributed by atoms with van der Waals surface area (Å²) in [4.78, 5) is 29.6. The lowest BCUT2D eigenvalue weighted by atomic mass is 10.0. The van der Waals surface area contributed by atoms with Crippen LogP contribution >= 0.6 is 0 Å². The van der Waals surface area contributed by atoms with Crippen molar-refractivity contribution < 1.29 is 32.3 Å². The molecule has 0 aromatic rings. The van der Waals surface area contributed by atoms with Crippen LogP contribution in [0.1, 0.15) is 38.5 Å². The highest BCUT2D eigenvalue weighted by Crippen LogP contribution is 2.33. The van der Waals surface area contributed by atoms with Gasteiger partial charge in [-0.1, -0.05) is 12.2 Å². The van der Waals surface area contributed by atoms with Gasteiger partial charge in [0.1, 0.15) is 17.3 Å². The van der Waals surface area contributed by atoms with Crippen molar-refractivity contribution in [1.82, 2.24) is 9.91 Å². The molecule has 1 aliphatic carbocycles. The maximum atomic E-state index is 13.7. The minimum Gasteiger partial charge on any atom is -0.481 e. The molecule has 3 aliphatic rings. The third kappa shape index (κ3) is 6.43. The van der Waals surface area contributed by atoms with Crippen molar-refractivity contribution in [1.29, 1.82) is 0 Å². The highest BCUT2D eigenvalue weighted by atomic mass is 19.4. The van der Waals surface area contributed by atoms with Gasteiger partial charge in [0.25, 0.3) is 0 Å². The van der Waals surface area contributed by atoms with Crippen molar-refractivity contribution in [3.05, 3.63) is 59.4 Å². The molecule has 3 rings (SSSR count). The molecule has 184 valence electrons. The fourth-order valence-corrected chi connectivity index (χ4v) is 3.93. The minimum atomic E-state index is -4.76. The number of nitrogens with two attached hydrogens (primary N) is 1. The van der Waals surface area contributed by atoms with Crippen molar-refractivity contribution in [2.75, 3.05) is 13.1 Å². The van der Waals surface area contributed by atoms with E-state index in [2.05, 4.69) is 4.99 Å². The van der Waals surface area contributed by atoms with E-state index in [4.69, 9.17) is 5.84 Å². The van der Waals surface area contributed by atoms with Crippen LogP contribution in [0.25, 0.3) is 0 Å². The van der Waals surface area contributed by atoms with Gasteiger partial charge in [-0.15, -0.1) is 0 Å². The summed E-state index contributed by atoms with van der Waals surface area (Å²) in [5.41, 5.74) is -0.629. The Morgan fingerprint density at radius 2 is 2.00 bits per heavy atom. The summed E-state index contributed by atoms with van der Waals surface area (Å²) in [6.45, 7) is 0.639. The van der Waals surface area contributed by atoms with E-state index < -0.39 is 29.6 Å². The third-order valence-electron chi connectivity index (χ3n) is 5.82. The fraction of sp³-hybridized carbons (Fsp3) is 0.435. The smallest absolute Gasteiger partial charge is 0.433 e. The Balaban J connectivity index is 1.82. The molecule has 2 heterocycles. The molecule has 7 nitrogen and oxygen atoms in total. The molecule has 34 heavy (non-hydrogen) atoms. The summed E-state index contributed by atoms with van der Waals surface area (Å²) in [5.74, 6) is 3.28. The molecular formula is C23H26F4N4O3. The normalized spacial score (nSPS) is 25.8. The Morgan fingerprint density at radius 3 is 2.71 bits per heavy atom. The molecule has 0 radical (unpaired) electrons. The number of alkyl halides is 3. The second-order valence-corrected chi connectivity index (χ2v) is 8.17. The van der Waals surface area contributed by atoms with Crippen LogP contribution in [0.2, 0.25) is 0 Å². The van der Waals surface area contributed by atoms with Gasteiger partial charge in [-0.25, -0.2) is 15.2 Å². The van der Waals surface area contributed by atoms with Gasteiger partial charge in [0, 0.05) is 19.5 Å². The van der Waals surface area contributed by atoms with Crippen LogP contribution in [-0.2, 0) is 9.59 Å². The number of hydrogen-bond acceptors (Lipinski definition) is 5. The van der Waals surface area contributed by atoms with Gasteiger partial charge in [-0.05, 0) is 62.0 Å². The number of aliphatic imine (C=N–C) groups is 1. The maximum absolute atomic E-state index is 13.7. The number of rotatable bonds is 4. The van der Waals surface area contributed by atoms with Gasteiger partial charge in [-0.2, -0.15) is 13.2 Å². The molecule has 1 amide bonds. The number of likely N-dealkylation sites (tertiary alicyclic amines) is 1. The molecule has 0 aromatic heterocycles. The highest BCUT2D eigenvalue weighted by molar-refractivity contribution is 6.10. The third-order valence-corrected chi connectivity index (χ3v) is 5.82. The van der Waals surface area contributed by atoms with Crippen molar-refractivity contribution in [3.63, 3.8) is 0 Å². The molecule has 0 saturated carbocycles. The van der Waals surface area contributed by atoms with Gasteiger partial charge in [0.15, 0.2) is 0 Å². The highest BCUT2D eigenvalue weighted by Gasteiger charge is 2.40. The average molecular weight is 482 g/mol. The number of nitrogens with zero attached hydrogens (tertiary/aromatic N) is 3. The summed E-state index contributed by atoms with van der Waals surface area (Å²) >= 11 is 0. The van der Waals surface area contributed by atoms with Crippen LogP contribution in [0.5, 0.6) is 0 Å². The molecule has 1 atom stereocenters. The number of hydrazine groups is 1. The Labute approximate surface area is 194 Å². The number of halogens is 4. The predicted molar refractivity (Wildman–Crippen MR) is 118 cm³/mol. The zero-order valence-corrected chi connectivity index (χ0v) is 18.4. The van der Waals surface area contributed by atoms with E-state index in [1.165, 1.54) is 29.2 Å². The van der Waals surface area contributed by atoms with Gasteiger partial charge < -0.3 is 10.0 Å². The van der Waals surface area contributed by atoms with Crippen molar-refractivity contribution >= 4 is 17.6 Å². The molecule has 0 spiro atoms. The number of amides is 1.